The molecule has 1 atom stereocenters. The van der Waals surface area contributed by atoms with E-state index in [9.17, 15) is 4.79 Å². The summed E-state index contributed by atoms with van der Waals surface area (Å²) in [6, 6.07) is 0.328. The summed E-state index contributed by atoms with van der Waals surface area (Å²) in [5.74, 6) is 1.24. The Morgan fingerprint density at radius 1 is 1.38 bits per heavy atom. The maximum Gasteiger partial charge on any atom is 0.224 e. The lowest BCUT2D eigenvalue weighted by Crippen LogP contribution is -2.44. The highest BCUT2D eigenvalue weighted by atomic mass is 35.5. The molecule has 3 heterocycles. The molecule has 0 spiro atoms. The van der Waals surface area contributed by atoms with Crippen molar-refractivity contribution in [1.29, 1.82) is 0 Å². The lowest BCUT2D eigenvalue weighted by molar-refractivity contribution is -0.135. The summed E-state index contributed by atoms with van der Waals surface area (Å²) in [5.41, 5.74) is 0. The van der Waals surface area contributed by atoms with Crippen molar-refractivity contribution in [3.05, 3.63) is 35.6 Å². The summed E-state index contributed by atoms with van der Waals surface area (Å²) in [7, 11) is 0. The van der Waals surface area contributed by atoms with Gasteiger partial charge >= 0.3 is 0 Å². The zero-order chi connectivity index (χ0) is 16.9. The third kappa shape index (κ3) is 4.17. The van der Waals surface area contributed by atoms with Gasteiger partial charge in [0.25, 0.3) is 0 Å². The molecule has 0 saturated carbocycles. The molecule has 1 amide bonds. The number of nitrogens with zero attached hydrogens (tertiary/aromatic N) is 5. The lowest BCUT2D eigenvalue weighted by atomic mass is 9.98. The number of carbonyl (C=O) groups is 1. The van der Waals surface area contributed by atoms with Crippen LogP contribution in [0.5, 0.6) is 0 Å². The van der Waals surface area contributed by atoms with E-state index in [0.717, 1.165) is 38.2 Å². The summed E-state index contributed by atoms with van der Waals surface area (Å²) in [6.07, 6.45) is 12.0. The Morgan fingerprint density at radius 3 is 2.96 bits per heavy atom. The largest absolute Gasteiger partial charge is 0.340 e. The van der Waals surface area contributed by atoms with Crippen LogP contribution in [-0.2, 0) is 17.9 Å². The zero-order valence-electron chi connectivity index (χ0n) is 14.1. The van der Waals surface area contributed by atoms with Gasteiger partial charge in [0.1, 0.15) is 5.82 Å². The maximum atomic E-state index is 12.6. The first-order valence-electron chi connectivity index (χ1n) is 8.58. The van der Waals surface area contributed by atoms with E-state index in [1.54, 1.807) is 17.1 Å². The molecule has 3 rings (SSSR count). The minimum atomic E-state index is 0.216. The number of rotatable bonds is 6. The quantitative estimate of drug-likeness (QED) is 0.805. The van der Waals surface area contributed by atoms with E-state index in [-0.39, 0.29) is 5.91 Å². The van der Waals surface area contributed by atoms with Gasteiger partial charge in [0.05, 0.1) is 11.2 Å². The predicted octanol–water partition coefficient (Wildman–Crippen LogP) is 2.90. The fourth-order valence-electron chi connectivity index (χ4n) is 3.37. The zero-order valence-corrected chi connectivity index (χ0v) is 14.8. The van der Waals surface area contributed by atoms with Crippen molar-refractivity contribution < 1.29 is 4.79 Å². The molecule has 130 valence electrons. The SMILES string of the molecule is Cc1nccn1CC[C@@H]1CCCCN1C(=O)CCn1cc(Cl)cn1. The van der Waals surface area contributed by atoms with Crippen molar-refractivity contribution in [2.45, 2.75) is 58.2 Å². The first-order chi connectivity index (χ1) is 11.6. The van der Waals surface area contributed by atoms with Crippen LogP contribution in [-0.4, -0.2) is 42.7 Å². The smallest absolute Gasteiger partial charge is 0.224 e. The van der Waals surface area contributed by atoms with E-state index in [4.69, 9.17) is 11.6 Å². The van der Waals surface area contributed by atoms with Crippen LogP contribution in [0.15, 0.2) is 24.8 Å². The summed E-state index contributed by atoms with van der Waals surface area (Å²) in [6.45, 7) is 4.37. The summed E-state index contributed by atoms with van der Waals surface area (Å²) < 4.78 is 3.89. The summed E-state index contributed by atoms with van der Waals surface area (Å²) in [4.78, 5) is 19.0. The lowest BCUT2D eigenvalue weighted by Gasteiger charge is -2.36. The summed E-state index contributed by atoms with van der Waals surface area (Å²) >= 11 is 5.86. The van der Waals surface area contributed by atoms with Crippen molar-refractivity contribution in [1.82, 2.24) is 24.2 Å². The van der Waals surface area contributed by atoms with E-state index < -0.39 is 0 Å². The van der Waals surface area contributed by atoms with Crippen LogP contribution in [0.4, 0.5) is 0 Å². The van der Waals surface area contributed by atoms with Crippen molar-refractivity contribution in [3.8, 4) is 0 Å². The highest BCUT2D eigenvalue weighted by molar-refractivity contribution is 6.30. The standard InChI is InChI=1S/C17H24ClN5O/c1-14-19-7-11-21(14)9-5-16-4-2-3-8-23(16)17(24)6-10-22-13-15(18)12-20-22/h7,11-13,16H,2-6,8-10H2,1H3/t16-/m0/s1. The van der Waals surface area contributed by atoms with Crippen LogP contribution >= 0.6 is 11.6 Å². The van der Waals surface area contributed by atoms with Gasteiger partial charge in [-0.1, -0.05) is 11.6 Å². The van der Waals surface area contributed by atoms with Gasteiger partial charge in [0, 0.05) is 50.7 Å². The molecular weight excluding hydrogens is 326 g/mol. The van der Waals surface area contributed by atoms with Crippen LogP contribution in [0, 0.1) is 6.92 Å². The molecule has 0 radical (unpaired) electrons. The molecule has 2 aromatic rings. The highest BCUT2D eigenvalue weighted by Crippen LogP contribution is 2.21. The third-order valence-electron chi connectivity index (χ3n) is 4.73. The van der Waals surface area contributed by atoms with Gasteiger partial charge in [-0.15, -0.1) is 0 Å². The van der Waals surface area contributed by atoms with E-state index in [0.29, 0.717) is 24.0 Å². The Hall–Kier alpha value is -1.82. The number of imidazole rings is 1. The van der Waals surface area contributed by atoms with Crippen molar-refractivity contribution in [2.24, 2.45) is 0 Å². The Labute approximate surface area is 147 Å². The maximum absolute atomic E-state index is 12.6. The molecule has 0 unspecified atom stereocenters. The van der Waals surface area contributed by atoms with Crippen molar-refractivity contribution in [3.63, 3.8) is 0 Å². The minimum absolute atomic E-state index is 0.216. The second-order valence-corrected chi connectivity index (χ2v) is 6.80. The van der Waals surface area contributed by atoms with Crippen LogP contribution in [0.25, 0.3) is 0 Å². The molecule has 0 bridgehead atoms. The molecule has 24 heavy (non-hydrogen) atoms. The normalized spacial score (nSPS) is 18.1. The topological polar surface area (TPSA) is 56.0 Å². The monoisotopic (exact) mass is 349 g/mol. The molecule has 0 aliphatic carbocycles. The number of likely N-dealkylation sites (tertiary alicyclic amines) is 1. The third-order valence-corrected chi connectivity index (χ3v) is 4.93. The number of aromatic nitrogens is 4. The van der Waals surface area contributed by atoms with Crippen molar-refractivity contribution in [2.75, 3.05) is 6.54 Å². The number of hydrogen-bond acceptors (Lipinski definition) is 3. The molecule has 1 aliphatic heterocycles. The molecule has 2 aromatic heterocycles. The second-order valence-electron chi connectivity index (χ2n) is 6.36. The molecular formula is C17H24ClN5O. The number of halogens is 1. The Bertz CT molecular complexity index is 680. The number of amides is 1. The molecule has 7 heteroatoms. The summed E-state index contributed by atoms with van der Waals surface area (Å²) in [5, 5.41) is 4.74. The van der Waals surface area contributed by atoms with Gasteiger partial charge in [-0.25, -0.2) is 4.98 Å². The number of carbonyl (C=O) groups excluding carboxylic acids is 1. The van der Waals surface area contributed by atoms with Crippen molar-refractivity contribution >= 4 is 17.5 Å². The number of piperidine rings is 1. The average Bonchev–Trinajstić information content (AvgIpc) is 3.19. The van der Waals surface area contributed by atoms with Gasteiger partial charge in [-0.3, -0.25) is 9.48 Å². The van der Waals surface area contributed by atoms with E-state index in [1.807, 2.05) is 19.3 Å². The molecule has 6 nitrogen and oxygen atoms in total. The van der Waals surface area contributed by atoms with Gasteiger partial charge < -0.3 is 9.47 Å². The minimum Gasteiger partial charge on any atom is -0.340 e. The fourth-order valence-corrected chi connectivity index (χ4v) is 3.53. The van der Waals surface area contributed by atoms with E-state index in [1.165, 1.54) is 6.42 Å². The molecule has 1 aliphatic rings. The van der Waals surface area contributed by atoms with Crippen LogP contribution in [0.3, 0.4) is 0 Å². The van der Waals surface area contributed by atoms with E-state index >= 15 is 0 Å². The number of hydrogen-bond donors (Lipinski definition) is 0. The Morgan fingerprint density at radius 2 is 2.25 bits per heavy atom. The second kappa shape index (κ2) is 7.83. The highest BCUT2D eigenvalue weighted by Gasteiger charge is 2.26. The Kier molecular flexibility index (Phi) is 5.56. The van der Waals surface area contributed by atoms with Gasteiger partial charge in [-0.05, 0) is 32.6 Å². The first kappa shape index (κ1) is 17.0. The predicted molar refractivity (Wildman–Crippen MR) is 92.8 cm³/mol. The molecule has 0 aromatic carbocycles. The van der Waals surface area contributed by atoms with Crippen LogP contribution in [0.2, 0.25) is 5.02 Å². The van der Waals surface area contributed by atoms with Crippen LogP contribution in [0.1, 0.15) is 37.9 Å². The molecule has 1 saturated heterocycles. The van der Waals surface area contributed by atoms with Gasteiger partial charge in [-0.2, -0.15) is 5.10 Å². The average molecular weight is 350 g/mol. The van der Waals surface area contributed by atoms with Gasteiger partial charge in [0.2, 0.25) is 5.91 Å². The first-order valence-corrected chi connectivity index (χ1v) is 8.96. The van der Waals surface area contributed by atoms with Crippen LogP contribution < -0.4 is 0 Å². The fraction of sp³-hybridized carbons (Fsp3) is 0.588. The Balaban J connectivity index is 1.54. The molecule has 0 N–H and O–H groups in total. The van der Waals surface area contributed by atoms with E-state index in [2.05, 4.69) is 19.5 Å². The van der Waals surface area contributed by atoms with Gasteiger partial charge in [0.15, 0.2) is 0 Å². The number of aryl methyl sites for hydroxylation is 3. The molecule has 1 fully saturated rings.